The molecule has 1 N–H and O–H groups in total. The standard InChI is InChI=1S/C17H18FNO3/c1-21-14-6-3-12(4-7-14)10-19-11-16(20)13-5-8-17(22-2)15(18)9-13/h3-9,19H,10-11H2,1-2H3. The van der Waals surface area contributed by atoms with Crippen molar-refractivity contribution < 1.29 is 18.7 Å². The van der Waals surface area contributed by atoms with Crippen LogP contribution in [0.2, 0.25) is 0 Å². The van der Waals surface area contributed by atoms with Gasteiger partial charge in [0.2, 0.25) is 0 Å². The number of ether oxygens (including phenoxy) is 2. The number of benzene rings is 2. The van der Waals surface area contributed by atoms with E-state index in [0.717, 1.165) is 11.3 Å². The zero-order chi connectivity index (χ0) is 15.9. The van der Waals surface area contributed by atoms with Crippen LogP contribution in [-0.4, -0.2) is 26.5 Å². The molecule has 0 amide bonds. The van der Waals surface area contributed by atoms with E-state index in [0.29, 0.717) is 12.1 Å². The maximum atomic E-state index is 13.6. The highest BCUT2D eigenvalue weighted by atomic mass is 19.1. The van der Waals surface area contributed by atoms with Crippen molar-refractivity contribution in [2.24, 2.45) is 0 Å². The van der Waals surface area contributed by atoms with E-state index in [4.69, 9.17) is 9.47 Å². The number of rotatable bonds is 7. The third kappa shape index (κ3) is 4.05. The molecule has 2 aromatic rings. The van der Waals surface area contributed by atoms with Crippen LogP contribution >= 0.6 is 0 Å². The molecule has 0 spiro atoms. The minimum Gasteiger partial charge on any atom is -0.497 e. The monoisotopic (exact) mass is 303 g/mol. The highest BCUT2D eigenvalue weighted by Crippen LogP contribution is 2.17. The fourth-order valence-electron chi connectivity index (χ4n) is 2.01. The van der Waals surface area contributed by atoms with E-state index in [1.165, 1.54) is 19.2 Å². The van der Waals surface area contributed by atoms with Crippen LogP contribution in [0.4, 0.5) is 4.39 Å². The summed E-state index contributed by atoms with van der Waals surface area (Å²) in [5.41, 5.74) is 1.36. The maximum absolute atomic E-state index is 13.6. The van der Waals surface area contributed by atoms with Crippen LogP contribution < -0.4 is 14.8 Å². The van der Waals surface area contributed by atoms with Gasteiger partial charge in [0, 0.05) is 12.1 Å². The fraction of sp³-hybridized carbons (Fsp3) is 0.235. The van der Waals surface area contributed by atoms with Crippen LogP contribution in [0.1, 0.15) is 15.9 Å². The third-order valence-electron chi connectivity index (χ3n) is 3.25. The second kappa shape index (κ2) is 7.56. The van der Waals surface area contributed by atoms with Crippen molar-refractivity contribution in [3.8, 4) is 11.5 Å². The molecule has 0 aliphatic heterocycles. The normalized spacial score (nSPS) is 10.3. The van der Waals surface area contributed by atoms with Gasteiger partial charge in [-0.3, -0.25) is 4.79 Å². The average Bonchev–Trinajstić information content (AvgIpc) is 2.55. The number of methoxy groups -OCH3 is 2. The van der Waals surface area contributed by atoms with Gasteiger partial charge in [0.1, 0.15) is 5.75 Å². The second-order valence-electron chi connectivity index (χ2n) is 4.72. The molecule has 0 heterocycles. The number of hydrogen-bond acceptors (Lipinski definition) is 4. The molecule has 0 bridgehead atoms. The highest BCUT2D eigenvalue weighted by molar-refractivity contribution is 5.97. The van der Waals surface area contributed by atoms with Crippen LogP contribution in [0.25, 0.3) is 0 Å². The van der Waals surface area contributed by atoms with E-state index >= 15 is 0 Å². The van der Waals surface area contributed by atoms with E-state index in [1.807, 2.05) is 24.3 Å². The predicted molar refractivity (Wildman–Crippen MR) is 82.0 cm³/mol. The molecule has 4 nitrogen and oxygen atoms in total. The van der Waals surface area contributed by atoms with Gasteiger partial charge in [-0.15, -0.1) is 0 Å². The largest absolute Gasteiger partial charge is 0.497 e. The van der Waals surface area contributed by atoms with Crippen LogP contribution in [0.3, 0.4) is 0 Å². The van der Waals surface area contributed by atoms with Crippen molar-refractivity contribution in [1.29, 1.82) is 0 Å². The Labute approximate surface area is 128 Å². The van der Waals surface area contributed by atoms with Crippen molar-refractivity contribution in [2.75, 3.05) is 20.8 Å². The Kier molecular flexibility index (Phi) is 5.49. The number of nitrogens with one attached hydrogen (secondary N) is 1. The predicted octanol–water partition coefficient (Wildman–Crippen LogP) is 2.82. The summed E-state index contributed by atoms with van der Waals surface area (Å²) in [6.45, 7) is 0.687. The zero-order valence-corrected chi connectivity index (χ0v) is 12.6. The Morgan fingerprint density at radius 2 is 1.82 bits per heavy atom. The van der Waals surface area contributed by atoms with Crippen molar-refractivity contribution >= 4 is 5.78 Å². The molecule has 2 rings (SSSR count). The number of halogens is 1. The van der Waals surface area contributed by atoms with Gasteiger partial charge in [-0.2, -0.15) is 0 Å². The lowest BCUT2D eigenvalue weighted by Gasteiger charge is -2.07. The Morgan fingerprint density at radius 3 is 2.41 bits per heavy atom. The zero-order valence-electron chi connectivity index (χ0n) is 12.6. The SMILES string of the molecule is COc1ccc(CNCC(=O)c2ccc(OC)c(F)c2)cc1. The van der Waals surface area contributed by atoms with Crippen LogP contribution in [0.15, 0.2) is 42.5 Å². The van der Waals surface area contributed by atoms with Gasteiger partial charge in [-0.05, 0) is 35.9 Å². The summed E-state index contributed by atoms with van der Waals surface area (Å²) in [7, 11) is 3.00. The molecular formula is C17H18FNO3. The third-order valence-corrected chi connectivity index (χ3v) is 3.25. The molecular weight excluding hydrogens is 285 g/mol. The first kappa shape index (κ1) is 16.0. The highest BCUT2D eigenvalue weighted by Gasteiger charge is 2.09. The molecule has 0 fully saturated rings. The van der Waals surface area contributed by atoms with E-state index in [2.05, 4.69) is 5.32 Å². The molecule has 0 unspecified atom stereocenters. The Morgan fingerprint density at radius 1 is 1.09 bits per heavy atom. The number of Topliss-reactive ketones (excluding diaryl/α,β-unsaturated/α-hetero) is 1. The van der Waals surface area contributed by atoms with E-state index in [9.17, 15) is 9.18 Å². The molecule has 0 aliphatic rings. The molecule has 116 valence electrons. The number of ketones is 1. The summed E-state index contributed by atoms with van der Waals surface area (Å²) >= 11 is 0. The van der Waals surface area contributed by atoms with E-state index in [-0.39, 0.29) is 18.1 Å². The molecule has 2 aromatic carbocycles. The van der Waals surface area contributed by atoms with Gasteiger partial charge < -0.3 is 14.8 Å². The van der Waals surface area contributed by atoms with Gasteiger partial charge in [0.25, 0.3) is 0 Å². The quantitative estimate of drug-likeness (QED) is 0.799. The van der Waals surface area contributed by atoms with Gasteiger partial charge in [-0.25, -0.2) is 4.39 Å². The number of carbonyl (C=O) groups excluding carboxylic acids is 1. The maximum Gasteiger partial charge on any atom is 0.176 e. The number of carbonyl (C=O) groups is 1. The summed E-state index contributed by atoms with van der Waals surface area (Å²) in [6.07, 6.45) is 0. The van der Waals surface area contributed by atoms with Crippen molar-refractivity contribution in [3.05, 3.63) is 59.4 Å². The summed E-state index contributed by atoms with van der Waals surface area (Å²) < 4.78 is 23.5. The molecule has 0 saturated carbocycles. The van der Waals surface area contributed by atoms with E-state index in [1.54, 1.807) is 13.2 Å². The van der Waals surface area contributed by atoms with Crippen molar-refractivity contribution in [2.45, 2.75) is 6.54 Å². The van der Waals surface area contributed by atoms with Gasteiger partial charge >= 0.3 is 0 Å². The van der Waals surface area contributed by atoms with Crippen LogP contribution in [-0.2, 0) is 6.54 Å². The summed E-state index contributed by atoms with van der Waals surface area (Å²) in [4.78, 5) is 12.0. The van der Waals surface area contributed by atoms with Crippen LogP contribution in [0, 0.1) is 5.82 Å². The molecule has 5 heteroatoms. The van der Waals surface area contributed by atoms with Gasteiger partial charge in [-0.1, -0.05) is 12.1 Å². The number of hydrogen-bond donors (Lipinski definition) is 1. The first-order valence-corrected chi connectivity index (χ1v) is 6.84. The Hall–Kier alpha value is -2.40. The minimum absolute atomic E-state index is 0.128. The topological polar surface area (TPSA) is 47.6 Å². The molecule has 0 radical (unpaired) electrons. The molecule has 0 aromatic heterocycles. The summed E-state index contributed by atoms with van der Waals surface area (Å²) in [5.74, 6) is 0.204. The first-order chi connectivity index (χ1) is 10.6. The molecule has 0 aliphatic carbocycles. The van der Waals surface area contributed by atoms with Gasteiger partial charge in [0.05, 0.1) is 20.8 Å². The molecule has 22 heavy (non-hydrogen) atoms. The van der Waals surface area contributed by atoms with Crippen molar-refractivity contribution in [1.82, 2.24) is 5.32 Å². The average molecular weight is 303 g/mol. The smallest absolute Gasteiger partial charge is 0.176 e. The Balaban J connectivity index is 1.88. The summed E-state index contributed by atoms with van der Waals surface area (Å²) in [5, 5.41) is 3.04. The second-order valence-corrected chi connectivity index (χ2v) is 4.72. The molecule has 0 atom stereocenters. The fourth-order valence-corrected chi connectivity index (χ4v) is 2.01. The van der Waals surface area contributed by atoms with E-state index < -0.39 is 5.82 Å². The van der Waals surface area contributed by atoms with Crippen molar-refractivity contribution in [3.63, 3.8) is 0 Å². The minimum atomic E-state index is -0.538. The lowest BCUT2D eigenvalue weighted by atomic mass is 10.1. The lowest BCUT2D eigenvalue weighted by Crippen LogP contribution is -2.22. The lowest BCUT2D eigenvalue weighted by molar-refractivity contribution is 0.0990. The van der Waals surface area contributed by atoms with Crippen LogP contribution in [0.5, 0.6) is 11.5 Å². The Bertz CT molecular complexity index is 641. The first-order valence-electron chi connectivity index (χ1n) is 6.84. The molecule has 0 saturated heterocycles. The van der Waals surface area contributed by atoms with Gasteiger partial charge in [0.15, 0.2) is 17.3 Å². The summed E-state index contributed by atoms with van der Waals surface area (Å²) in [6, 6.07) is 11.8.